The molecule has 0 spiro atoms. The number of hydrogen-bond acceptors (Lipinski definition) is 9. The number of piperazine rings is 1. The molecule has 0 aliphatic carbocycles. The standard InChI is InChI=1S/C21H20N10O/c32-20(16-4-3-5-18(12-16)31-15-25-27-28-31)26-17-13-23-21(24-14-17)30-10-8-29(9-11-30)19-6-1-2-7-22-19/h1-7,12-15H,8-11H2,(H,26,32). The van der Waals surface area contributed by atoms with Crippen molar-refractivity contribution in [3.63, 3.8) is 0 Å². The summed E-state index contributed by atoms with van der Waals surface area (Å²) in [5.41, 5.74) is 1.70. The quantitative estimate of drug-likeness (QED) is 0.503. The number of tetrazole rings is 1. The molecule has 0 atom stereocenters. The number of anilines is 3. The van der Waals surface area contributed by atoms with Gasteiger partial charge >= 0.3 is 0 Å². The molecule has 0 radical (unpaired) electrons. The summed E-state index contributed by atoms with van der Waals surface area (Å²) in [6.07, 6.45) is 6.52. The molecule has 1 aromatic carbocycles. The molecule has 1 fully saturated rings. The van der Waals surface area contributed by atoms with Gasteiger partial charge in [0.1, 0.15) is 12.1 Å². The van der Waals surface area contributed by atoms with Crippen LogP contribution in [0.5, 0.6) is 0 Å². The first kappa shape index (κ1) is 19.5. The zero-order valence-corrected chi connectivity index (χ0v) is 17.1. The summed E-state index contributed by atoms with van der Waals surface area (Å²) in [5, 5.41) is 13.9. The van der Waals surface area contributed by atoms with Crippen molar-refractivity contribution in [2.45, 2.75) is 0 Å². The first-order valence-corrected chi connectivity index (χ1v) is 10.1. The Morgan fingerprint density at radius 2 is 1.72 bits per heavy atom. The average Bonchev–Trinajstić information content (AvgIpc) is 3.41. The minimum atomic E-state index is -0.264. The normalized spacial score (nSPS) is 13.8. The van der Waals surface area contributed by atoms with E-state index >= 15 is 0 Å². The molecule has 4 heterocycles. The largest absolute Gasteiger partial charge is 0.353 e. The number of nitrogens with one attached hydrogen (secondary N) is 1. The summed E-state index contributed by atoms with van der Waals surface area (Å²) in [7, 11) is 0. The predicted octanol–water partition coefficient (Wildman–Crippen LogP) is 1.43. The van der Waals surface area contributed by atoms with Crippen LogP contribution < -0.4 is 15.1 Å². The zero-order chi connectivity index (χ0) is 21.8. The van der Waals surface area contributed by atoms with Gasteiger partial charge in [-0.1, -0.05) is 12.1 Å². The number of amides is 1. The van der Waals surface area contributed by atoms with Crippen molar-refractivity contribution in [2.24, 2.45) is 0 Å². The molecular formula is C21H20N10O. The topological polar surface area (TPSA) is 118 Å². The molecule has 0 saturated carbocycles. The summed E-state index contributed by atoms with van der Waals surface area (Å²) in [6.45, 7) is 3.28. The van der Waals surface area contributed by atoms with Gasteiger partial charge in [-0.05, 0) is 40.8 Å². The second-order valence-electron chi connectivity index (χ2n) is 7.19. The highest BCUT2D eigenvalue weighted by Gasteiger charge is 2.20. The highest BCUT2D eigenvalue weighted by molar-refractivity contribution is 6.04. The van der Waals surface area contributed by atoms with Gasteiger partial charge in [0.25, 0.3) is 5.91 Å². The van der Waals surface area contributed by atoms with Crippen molar-refractivity contribution in [3.05, 3.63) is 72.9 Å². The number of benzene rings is 1. The summed E-state index contributed by atoms with van der Waals surface area (Å²) < 4.78 is 1.49. The van der Waals surface area contributed by atoms with Gasteiger partial charge in [0, 0.05) is 37.9 Å². The Morgan fingerprint density at radius 3 is 2.44 bits per heavy atom. The van der Waals surface area contributed by atoms with E-state index in [1.807, 2.05) is 24.3 Å². The van der Waals surface area contributed by atoms with Crippen LogP contribution in [0.25, 0.3) is 5.69 Å². The van der Waals surface area contributed by atoms with Crippen LogP contribution in [0.3, 0.4) is 0 Å². The van der Waals surface area contributed by atoms with Gasteiger partial charge < -0.3 is 15.1 Å². The lowest BCUT2D eigenvalue weighted by atomic mass is 10.2. The lowest BCUT2D eigenvalue weighted by molar-refractivity contribution is 0.102. The molecule has 32 heavy (non-hydrogen) atoms. The van der Waals surface area contributed by atoms with E-state index in [1.54, 1.807) is 36.8 Å². The fraction of sp³-hybridized carbons (Fsp3) is 0.190. The van der Waals surface area contributed by atoms with Gasteiger partial charge in [-0.15, -0.1) is 5.10 Å². The van der Waals surface area contributed by atoms with Crippen LogP contribution in [0.4, 0.5) is 17.5 Å². The molecule has 1 N–H and O–H groups in total. The van der Waals surface area contributed by atoms with Crippen LogP contribution in [-0.2, 0) is 0 Å². The number of carbonyl (C=O) groups excluding carboxylic acids is 1. The Hall–Kier alpha value is -4.41. The van der Waals surface area contributed by atoms with Crippen molar-refractivity contribution >= 4 is 23.4 Å². The first-order chi connectivity index (χ1) is 15.8. The Balaban J connectivity index is 1.20. The molecule has 1 saturated heterocycles. The van der Waals surface area contributed by atoms with Crippen LogP contribution in [0, 0.1) is 0 Å². The van der Waals surface area contributed by atoms with Crippen LogP contribution in [0.15, 0.2) is 67.4 Å². The van der Waals surface area contributed by atoms with Gasteiger partial charge in [-0.3, -0.25) is 4.79 Å². The van der Waals surface area contributed by atoms with Crippen molar-refractivity contribution < 1.29 is 4.79 Å². The number of rotatable bonds is 5. The Kier molecular flexibility index (Phi) is 5.35. The van der Waals surface area contributed by atoms with Crippen molar-refractivity contribution in [1.82, 2.24) is 35.2 Å². The van der Waals surface area contributed by atoms with Crippen LogP contribution in [0.2, 0.25) is 0 Å². The van der Waals surface area contributed by atoms with E-state index < -0.39 is 0 Å². The van der Waals surface area contributed by atoms with E-state index in [0.717, 1.165) is 32.0 Å². The Labute approximate surface area is 183 Å². The fourth-order valence-corrected chi connectivity index (χ4v) is 3.50. The minimum Gasteiger partial charge on any atom is -0.353 e. The zero-order valence-electron chi connectivity index (χ0n) is 17.1. The van der Waals surface area contributed by atoms with Gasteiger partial charge in [0.15, 0.2) is 0 Å². The maximum atomic E-state index is 12.6. The maximum Gasteiger partial charge on any atom is 0.255 e. The highest BCUT2D eigenvalue weighted by atomic mass is 16.1. The van der Waals surface area contributed by atoms with Crippen molar-refractivity contribution in [1.29, 1.82) is 0 Å². The smallest absolute Gasteiger partial charge is 0.255 e. The average molecular weight is 428 g/mol. The molecule has 3 aromatic heterocycles. The number of carbonyl (C=O) groups is 1. The molecule has 5 rings (SSSR count). The Morgan fingerprint density at radius 1 is 0.906 bits per heavy atom. The molecule has 1 aliphatic rings. The lowest BCUT2D eigenvalue weighted by Crippen LogP contribution is -2.47. The van der Waals surface area contributed by atoms with Gasteiger partial charge in [-0.25, -0.2) is 19.6 Å². The Bertz CT molecular complexity index is 1170. The molecule has 11 nitrogen and oxygen atoms in total. The summed E-state index contributed by atoms with van der Waals surface area (Å²) in [4.78, 5) is 30.3. The van der Waals surface area contributed by atoms with Crippen LogP contribution in [0.1, 0.15) is 10.4 Å². The molecular weight excluding hydrogens is 408 g/mol. The van der Waals surface area contributed by atoms with Crippen LogP contribution >= 0.6 is 0 Å². The van der Waals surface area contributed by atoms with E-state index in [2.05, 4.69) is 45.6 Å². The molecule has 160 valence electrons. The van der Waals surface area contributed by atoms with E-state index in [1.165, 1.54) is 11.0 Å². The predicted molar refractivity (Wildman–Crippen MR) is 118 cm³/mol. The summed E-state index contributed by atoms with van der Waals surface area (Å²) in [5.74, 6) is 1.36. The number of aromatic nitrogens is 7. The molecule has 0 bridgehead atoms. The molecule has 4 aromatic rings. The molecule has 11 heteroatoms. The second-order valence-corrected chi connectivity index (χ2v) is 7.19. The minimum absolute atomic E-state index is 0.264. The van der Waals surface area contributed by atoms with Crippen LogP contribution in [-0.4, -0.2) is 67.2 Å². The fourth-order valence-electron chi connectivity index (χ4n) is 3.50. The highest BCUT2D eigenvalue weighted by Crippen LogP contribution is 2.17. The van der Waals surface area contributed by atoms with Gasteiger partial charge in [0.2, 0.25) is 5.95 Å². The monoisotopic (exact) mass is 428 g/mol. The molecule has 1 aliphatic heterocycles. The van der Waals surface area contributed by atoms with Crippen molar-refractivity contribution in [3.8, 4) is 5.69 Å². The molecule has 0 unspecified atom stereocenters. The second kappa shape index (κ2) is 8.76. The SMILES string of the molecule is O=C(Nc1cnc(N2CCN(c3ccccn3)CC2)nc1)c1cccc(-n2cnnn2)c1. The molecule has 1 amide bonds. The van der Waals surface area contributed by atoms with E-state index in [9.17, 15) is 4.79 Å². The number of pyridine rings is 1. The van der Waals surface area contributed by atoms with Crippen molar-refractivity contribution in [2.75, 3.05) is 41.3 Å². The van der Waals surface area contributed by atoms with E-state index in [0.29, 0.717) is 22.9 Å². The number of hydrogen-bond donors (Lipinski definition) is 1. The lowest BCUT2D eigenvalue weighted by Gasteiger charge is -2.35. The first-order valence-electron chi connectivity index (χ1n) is 10.1. The maximum absolute atomic E-state index is 12.6. The van der Waals surface area contributed by atoms with Gasteiger partial charge in [0.05, 0.1) is 23.8 Å². The summed E-state index contributed by atoms with van der Waals surface area (Å²) in [6, 6.07) is 12.9. The van der Waals surface area contributed by atoms with E-state index in [-0.39, 0.29) is 5.91 Å². The van der Waals surface area contributed by atoms with Gasteiger partial charge in [-0.2, -0.15) is 0 Å². The third-order valence-electron chi connectivity index (χ3n) is 5.15. The number of nitrogens with zero attached hydrogens (tertiary/aromatic N) is 9. The third-order valence-corrected chi connectivity index (χ3v) is 5.15. The summed E-state index contributed by atoms with van der Waals surface area (Å²) >= 11 is 0. The van der Waals surface area contributed by atoms with E-state index in [4.69, 9.17) is 0 Å². The third kappa shape index (κ3) is 4.21.